The van der Waals surface area contributed by atoms with Crippen molar-refractivity contribution in [2.24, 2.45) is 5.73 Å². The molecule has 0 spiro atoms. The highest BCUT2D eigenvalue weighted by molar-refractivity contribution is 5.81. The molecule has 3 rings (SSSR count). The summed E-state index contributed by atoms with van der Waals surface area (Å²) in [4.78, 5) is 0. The first-order valence-electron chi connectivity index (χ1n) is 6.60. The first-order valence-corrected chi connectivity index (χ1v) is 6.60. The molecule has 1 aliphatic rings. The zero-order valence-corrected chi connectivity index (χ0v) is 11.4. The van der Waals surface area contributed by atoms with Gasteiger partial charge in [0.25, 0.3) is 0 Å². The molecule has 96 valence electrons. The van der Waals surface area contributed by atoms with Crippen molar-refractivity contribution < 1.29 is 0 Å². The highest BCUT2D eigenvalue weighted by Gasteiger charge is 2.08. The van der Waals surface area contributed by atoms with Crippen LogP contribution in [0.4, 0.5) is 0 Å². The number of nitrogens with two attached hydrogens (primary N) is 1. The summed E-state index contributed by atoms with van der Waals surface area (Å²) in [6.07, 6.45) is 3.64. The first kappa shape index (κ1) is 12.3. The number of allylic oxidation sites excluding steroid dienone is 3. The van der Waals surface area contributed by atoms with E-state index in [-0.39, 0.29) is 0 Å². The first-order chi connectivity index (χ1) is 9.75. The van der Waals surface area contributed by atoms with E-state index in [1.807, 2.05) is 6.08 Å². The lowest BCUT2D eigenvalue weighted by Crippen LogP contribution is -2.00. The predicted octanol–water partition coefficient (Wildman–Crippen LogP) is 4.21. The Bertz CT molecular complexity index is 796. The Morgan fingerprint density at radius 2 is 1.75 bits per heavy atom. The lowest BCUT2D eigenvalue weighted by atomic mass is 9.95. The molecule has 0 fully saturated rings. The summed E-state index contributed by atoms with van der Waals surface area (Å²) in [7, 11) is 0. The van der Waals surface area contributed by atoms with Gasteiger partial charge in [-0.05, 0) is 47.4 Å². The van der Waals surface area contributed by atoms with Crippen molar-refractivity contribution in [3.63, 3.8) is 0 Å². The quantitative estimate of drug-likeness (QED) is 0.801. The number of aryl methyl sites for hydroxylation is 1. The van der Waals surface area contributed by atoms with E-state index in [1.54, 1.807) is 6.08 Å². The Kier molecular flexibility index (Phi) is 3.15. The molecule has 0 radical (unpaired) electrons. The average Bonchev–Trinajstić information content (AvgIpc) is 2.48. The second-order valence-electron chi connectivity index (χ2n) is 4.83. The van der Waals surface area contributed by atoms with Crippen molar-refractivity contribution in [2.45, 2.75) is 6.92 Å². The minimum absolute atomic E-state index is 0.727. The maximum Gasteiger partial charge on any atom is 0.0551 e. The van der Waals surface area contributed by atoms with E-state index in [0.29, 0.717) is 0 Å². The van der Waals surface area contributed by atoms with Gasteiger partial charge in [-0.3, -0.25) is 0 Å². The maximum atomic E-state index is 6.02. The van der Waals surface area contributed by atoms with Crippen LogP contribution in [-0.2, 0) is 0 Å². The lowest BCUT2D eigenvalue weighted by molar-refractivity contribution is 1.41. The van der Waals surface area contributed by atoms with Crippen LogP contribution in [0.15, 0.2) is 77.8 Å². The van der Waals surface area contributed by atoms with Crippen LogP contribution in [0.25, 0.3) is 16.7 Å². The highest BCUT2D eigenvalue weighted by atomic mass is 14.6. The summed E-state index contributed by atoms with van der Waals surface area (Å²) >= 11 is 0. The van der Waals surface area contributed by atoms with Crippen LogP contribution in [0, 0.1) is 6.92 Å². The van der Waals surface area contributed by atoms with E-state index < -0.39 is 0 Å². The summed E-state index contributed by atoms with van der Waals surface area (Å²) in [5.41, 5.74) is 18.5. The molecule has 0 atom stereocenters. The molecule has 20 heavy (non-hydrogen) atoms. The molecule has 1 aliphatic carbocycles. The van der Waals surface area contributed by atoms with E-state index in [0.717, 1.165) is 16.8 Å². The topological polar surface area (TPSA) is 26.0 Å². The minimum Gasteiger partial charge on any atom is -0.398 e. The van der Waals surface area contributed by atoms with Gasteiger partial charge >= 0.3 is 0 Å². The van der Waals surface area contributed by atoms with Gasteiger partial charge in [0.05, 0.1) is 5.57 Å². The van der Waals surface area contributed by atoms with Gasteiger partial charge in [0.15, 0.2) is 0 Å². The second-order valence-corrected chi connectivity index (χ2v) is 4.83. The molecular weight excluding hydrogens is 242 g/mol. The average molecular weight is 257 g/mol. The van der Waals surface area contributed by atoms with E-state index in [2.05, 4.69) is 66.9 Å². The molecule has 0 saturated heterocycles. The Morgan fingerprint density at radius 1 is 0.950 bits per heavy atom. The zero-order chi connectivity index (χ0) is 13.9. The molecule has 0 aromatic heterocycles. The fourth-order valence-electron chi connectivity index (χ4n) is 2.38. The molecular formula is C19H15N. The minimum atomic E-state index is 0.727. The van der Waals surface area contributed by atoms with E-state index in [9.17, 15) is 0 Å². The summed E-state index contributed by atoms with van der Waals surface area (Å²) in [6.45, 7) is 2.12. The second kappa shape index (κ2) is 5.11. The standard InChI is InChI=1S/C19H15N/c1-14-7-2-3-10-17(14)15-8-6-9-16(13-15)18-11-4-5-12-19(18)20/h2-3,5-10,12-13H,20H2,1H3. The zero-order valence-electron chi connectivity index (χ0n) is 11.4. The Labute approximate surface area is 119 Å². The number of hydrogen-bond acceptors (Lipinski definition) is 1. The van der Waals surface area contributed by atoms with Crippen LogP contribution in [-0.4, -0.2) is 0 Å². The van der Waals surface area contributed by atoms with Crippen molar-refractivity contribution >= 4 is 5.57 Å². The fraction of sp³-hybridized carbons (Fsp3) is 0.0526. The lowest BCUT2D eigenvalue weighted by Gasteiger charge is -2.10. The molecule has 0 unspecified atom stereocenters. The van der Waals surface area contributed by atoms with Crippen LogP contribution >= 0.6 is 0 Å². The predicted molar refractivity (Wildman–Crippen MR) is 83.9 cm³/mol. The molecule has 1 nitrogen and oxygen atoms in total. The molecule has 0 amide bonds. The number of hydrogen-bond donors (Lipinski definition) is 1. The monoisotopic (exact) mass is 257 g/mol. The molecule has 2 N–H and O–H groups in total. The van der Waals surface area contributed by atoms with Gasteiger partial charge in [-0.15, -0.1) is 0 Å². The molecule has 2 aromatic rings. The number of rotatable bonds is 2. The van der Waals surface area contributed by atoms with Crippen molar-refractivity contribution in [1.82, 2.24) is 0 Å². The Hall–Kier alpha value is -2.72. The SMILES string of the molecule is Cc1ccccc1-c1cccc(C2=C=C=CC=C2N)c1. The van der Waals surface area contributed by atoms with E-state index >= 15 is 0 Å². The molecule has 0 heterocycles. The highest BCUT2D eigenvalue weighted by Crippen LogP contribution is 2.28. The third kappa shape index (κ3) is 2.24. The molecule has 0 bridgehead atoms. The summed E-state index contributed by atoms with van der Waals surface area (Å²) in [5.74, 6) is 0. The third-order valence-corrected chi connectivity index (χ3v) is 3.44. The summed E-state index contributed by atoms with van der Waals surface area (Å²) in [6, 6.07) is 16.8. The molecule has 1 heteroatoms. The third-order valence-electron chi connectivity index (χ3n) is 3.44. The molecule has 0 aliphatic heterocycles. The normalized spacial score (nSPS) is 13.1. The number of benzene rings is 2. The molecule has 2 aromatic carbocycles. The van der Waals surface area contributed by atoms with Gasteiger partial charge in [-0.1, -0.05) is 53.9 Å². The van der Waals surface area contributed by atoms with Gasteiger partial charge in [0, 0.05) is 5.70 Å². The van der Waals surface area contributed by atoms with Crippen LogP contribution in [0.2, 0.25) is 0 Å². The van der Waals surface area contributed by atoms with Gasteiger partial charge in [-0.2, -0.15) is 0 Å². The summed E-state index contributed by atoms with van der Waals surface area (Å²) in [5, 5.41) is 0. The van der Waals surface area contributed by atoms with Crippen molar-refractivity contribution in [3.05, 3.63) is 89.0 Å². The molecule has 0 saturated carbocycles. The Balaban J connectivity index is 2.12. The van der Waals surface area contributed by atoms with E-state index in [1.165, 1.54) is 16.7 Å². The maximum absolute atomic E-state index is 6.02. The van der Waals surface area contributed by atoms with Gasteiger partial charge in [-0.25, -0.2) is 0 Å². The Morgan fingerprint density at radius 3 is 2.55 bits per heavy atom. The smallest absolute Gasteiger partial charge is 0.0551 e. The van der Waals surface area contributed by atoms with Crippen molar-refractivity contribution in [2.75, 3.05) is 0 Å². The van der Waals surface area contributed by atoms with Gasteiger partial charge in [0.1, 0.15) is 0 Å². The van der Waals surface area contributed by atoms with E-state index in [4.69, 9.17) is 5.73 Å². The van der Waals surface area contributed by atoms with Gasteiger partial charge < -0.3 is 5.73 Å². The summed E-state index contributed by atoms with van der Waals surface area (Å²) < 4.78 is 0. The largest absolute Gasteiger partial charge is 0.398 e. The van der Waals surface area contributed by atoms with Crippen LogP contribution < -0.4 is 5.73 Å². The van der Waals surface area contributed by atoms with Crippen LogP contribution in [0.5, 0.6) is 0 Å². The van der Waals surface area contributed by atoms with Crippen LogP contribution in [0.1, 0.15) is 11.1 Å². The van der Waals surface area contributed by atoms with Crippen LogP contribution in [0.3, 0.4) is 0 Å². The van der Waals surface area contributed by atoms with Crippen molar-refractivity contribution in [3.8, 4) is 11.1 Å². The fourth-order valence-corrected chi connectivity index (χ4v) is 2.38. The van der Waals surface area contributed by atoms with Crippen molar-refractivity contribution in [1.29, 1.82) is 0 Å². The van der Waals surface area contributed by atoms with Gasteiger partial charge in [0.2, 0.25) is 0 Å².